The molecule has 0 aliphatic carbocycles. The summed E-state index contributed by atoms with van der Waals surface area (Å²) in [4.78, 5) is 0. The first-order valence-electron chi connectivity index (χ1n) is 7.15. The second-order valence-corrected chi connectivity index (χ2v) is 6.76. The molecule has 0 saturated heterocycles. The van der Waals surface area contributed by atoms with Gasteiger partial charge in [-0.1, -0.05) is 45.1 Å². The van der Waals surface area contributed by atoms with Gasteiger partial charge in [-0.05, 0) is 50.8 Å². The van der Waals surface area contributed by atoms with E-state index in [4.69, 9.17) is 4.74 Å². The second-order valence-electron chi connectivity index (χ2n) is 6.76. The molecule has 0 radical (unpaired) electrons. The van der Waals surface area contributed by atoms with Crippen LogP contribution in [0.15, 0.2) is 36.4 Å². The second kappa shape index (κ2) is 6.27. The molecule has 1 atom stereocenters. The van der Waals surface area contributed by atoms with Gasteiger partial charge in [-0.15, -0.1) is 0 Å². The summed E-state index contributed by atoms with van der Waals surface area (Å²) in [6.07, 6.45) is 1.08. The van der Waals surface area contributed by atoms with E-state index in [1.54, 1.807) is 0 Å². The predicted molar refractivity (Wildman–Crippen MR) is 83.8 cm³/mol. The Morgan fingerprint density at radius 3 is 2.05 bits per heavy atom. The molecule has 1 rings (SSSR count). The highest BCUT2D eigenvalue weighted by Crippen LogP contribution is 2.29. The van der Waals surface area contributed by atoms with Gasteiger partial charge in [0.1, 0.15) is 11.4 Å². The Kier molecular flexibility index (Phi) is 5.22. The lowest BCUT2D eigenvalue weighted by atomic mass is 9.89. The van der Waals surface area contributed by atoms with Crippen LogP contribution in [0, 0.1) is 5.92 Å². The van der Waals surface area contributed by atoms with E-state index in [9.17, 15) is 0 Å². The molecule has 0 spiro atoms. The summed E-state index contributed by atoms with van der Waals surface area (Å²) in [6, 6.07) is 8.41. The summed E-state index contributed by atoms with van der Waals surface area (Å²) in [7, 11) is 0. The fraction of sp³-hybridized carbons (Fsp3) is 0.556. The smallest absolute Gasteiger partial charge is 0.120 e. The Bertz CT molecular complexity index is 406. The normalized spacial score (nSPS) is 13.4. The molecule has 0 amide bonds. The van der Waals surface area contributed by atoms with Crippen molar-refractivity contribution in [3.63, 3.8) is 0 Å². The molecule has 1 aromatic rings. The van der Waals surface area contributed by atoms with Gasteiger partial charge in [0.25, 0.3) is 0 Å². The zero-order chi connectivity index (χ0) is 14.6. The molecule has 0 aromatic heterocycles. The van der Waals surface area contributed by atoms with Gasteiger partial charge in [-0.25, -0.2) is 0 Å². The Morgan fingerprint density at radius 2 is 1.63 bits per heavy atom. The third-order valence-electron chi connectivity index (χ3n) is 3.09. The lowest BCUT2D eigenvalue weighted by molar-refractivity contribution is 0.131. The molecule has 0 bridgehead atoms. The summed E-state index contributed by atoms with van der Waals surface area (Å²) >= 11 is 0. The highest BCUT2D eigenvalue weighted by atomic mass is 16.5. The molecule has 0 unspecified atom stereocenters. The van der Waals surface area contributed by atoms with Gasteiger partial charge in [0.15, 0.2) is 0 Å². The third kappa shape index (κ3) is 5.50. The molecule has 1 heteroatoms. The van der Waals surface area contributed by atoms with Crippen molar-refractivity contribution in [1.82, 2.24) is 0 Å². The van der Waals surface area contributed by atoms with Crippen LogP contribution in [0.4, 0.5) is 0 Å². The molecule has 19 heavy (non-hydrogen) atoms. The molecule has 0 fully saturated rings. The largest absolute Gasteiger partial charge is 0.488 e. The van der Waals surface area contributed by atoms with Crippen molar-refractivity contribution in [1.29, 1.82) is 0 Å². The zero-order valence-electron chi connectivity index (χ0n) is 13.3. The minimum atomic E-state index is -0.144. The van der Waals surface area contributed by atoms with Crippen LogP contribution in [0.2, 0.25) is 0 Å². The quantitative estimate of drug-likeness (QED) is 0.629. The topological polar surface area (TPSA) is 9.23 Å². The van der Waals surface area contributed by atoms with Gasteiger partial charge in [-0.3, -0.25) is 0 Å². The first-order chi connectivity index (χ1) is 8.69. The fourth-order valence-electron chi connectivity index (χ4n) is 2.11. The average Bonchev–Trinajstić information content (AvgIpc) is 2.26. The van der Waals surface area contributed by atoms with Gasteiger partial charge in [-0.2, -0.15) is 0 Å². The SMILES string of the molecule is C=C(CC(C)C)[C@H](C)c1ccc(OC(C)(C)C)cc1. The van der Waals surface area contributed by atoms with E-state index in [0.29, 0.717) is 11.8 Å². The van der Waals surface area contributed by atoms with Gasteiger partial charge in [0.2, 0.25) is 0 Å². The lowest BCUT2D eigenvalue weighted by Crippen LogP contribution is -2.22. The van der Waals surface area contributed by atoms with Crippen molar-refractivity contribution < 1.29 is 4.74 Å². The van der Waals surface area contributed by atoms with Crippen LogP contribution >= 0.6 is 0 Å². The number of benzene rings is 1. The molecule has 0 N–H and O–H groups in total. The molecule has 0 aliphatic heterocycles. The zero-order valence-corrected chi connectivity index (χ0v) is 13.3. The van der Waals surface area contributed by atoms with Crippen molar-refractivity contribution >= 4 is 0 Å². The Balaban J connectivity index is 2.73. The van der Waals surface area contributed by atoms with E-state index in [0.717, 1.165) is 12.2 Å². The Hall–Kier alpha value is -1.24. The highest BCUT2D eigenvalue weighted by molar-refractivity contribution is 5.33. The third-order valence-corrected chi connectivity index (χ3v) is 3.09. The van der Waals surface area contributed by atoms with Crippen molar-refractivity contribution in [3.8, 4) is 5.75 Å². The van der Waals surface area contributed by atoms with Crippen LogP contribution < -0.4 is 4.74 Å². The molecule has 0 aliphatic rings. The van der Waals surface area contributed by atoms with Crippen molar-refractivity contribution in [2.45, 2.75) is 59.5 Å². The standard InChI is InChI=1S/C18H28O/c1-13(2)12-14(3)15(4)16-8-10-17(11-9-16)19-18(5,6)7/h8-11,13,15H,3,12H2,1-2,4-7H3/t15-/m0/s1. The number of rotatable bonds is 5. The molecule has 106 valence electrons. The summed E-state index contributed by atoms with van der Waals surface area (Å²) in [5.74, 6) is 2.00. The maximum atomic E-state index is 5.84. The van der Waals surface area contributed by atoms with Crippen LogP contribution in [-0.2, 0) is 0 Å². The molecule has 1 aromatic carbocycles. The summed E-state index contributed by atoms with van der Waals surface area (Å²) < 4.78 is 5.84. The Morgan fingerprint density at radius 1 is 1.11 bits per heavy atom. The summed E-state index contributed by atoms with van der Waals surface area (Å²) in [5, 5.41) is 0. The van der Waals surface area contributed by atoms with E-state index >= 15 is 0 Å². The van der Waals surface area contributed by atoms with Crippen molar-refractivity contribution in [2.75, 3.05) is 0 Å². The molecule has 1 nitrogen and oxygen atoms in total. The minimum absolute atomic E-state index is 0.144. The van der Waals surface area contributed by atoms with E-state index < -0.39 is 0 Å². The summed E-state index contributed by atoms with van der Waals surface area (Å²) in [5.41, 5.74) is 2.47. The lowest BCUT2D eigenvalue weighted by Gasteiger charge is -2.22. The van der Waals surface area contributed by atoms with Crippen LogP contribution in [0.3, 0.4) is 0 Å². The monoisotopic (exact) mass is 260 g/mol. The van der Waals surface area contributed by atoms with Crippen LogP contribution in [-0.4, -0.2) is 5.60 Å². The van der Waals surface area contributed by atoms with Gasteiger partial charge in [0.05, 0.1) is 0 Å². The molecule has 0 saturated carbocycles. The van der Waals surface area contributed by atoms with Crippen molar-refractivity contribution in [2.24, 2.45) is 5.92 Å². The Labute approximate surface area is 118 Å². The highest BCUT2D eigenvalue weighted by Gasteiger charge is 2.13. The molecular weight excluding hydrogens is 232 g/mol. The van der Waals surface area contributed by atoms with Gasteiger partial charge < -0.3 is 4.74 Å². The number of hydrogen-bond donors (Lipinski definition) is 0. The van der Waals surface area contributed by atoms with Gasteiger partial charge >= 0.3 is 0 Å². The number of hydrogen-bond acceptors (Lipinski definition) is 1. The van der Waals surface area contributed by atoms with Crippen LogP contribution in [0.5, 0.6) is 5.75 Å². The van der Waals surface area contributed by atoms with Crippen LogP contribution in [0.1, 0.15) is 59.4 Å². The molecular formula is C18H28O. The van der Waals surface area contributed by atoms with E-state index in [1.165, 1.54) is 11.1 Å². The van der Waals surface area contributed by atoms with E-state index in [-0.39, 0.29) is 5.60 Å². The molecule has 0 heterocycles. The number of allylic oxidation sites excluding steroid dienone is 1. The maximum absolute atomic E-state index is 5.84. The predicted octanol–water partition coefficient (Wildman–Crippen LogP) is 5.57. The average molecular weight is 260 g/mol. The maximum Gasteiger partial charge on any atom is 0.120 e. The first kappa shape index (κ1) is 15.8. The first-order valence-corrected chi connectivity index (χ1v) is 7.15. The van der Waals surface area contributed by atoms with Crippen LogP contribution in [0.25, 0.3) is 0 Å². The fourth-order valence-corrected chi connectivity index (χ4v) is 2.11. The van der Waals surface area contributed by atoms with E-state index in [2.05, 4.69) is 72.4 Å². The van der Waals surface area contributed by atoms with E-state index in [1.807, 2.05) is 0 Å². The minimum Gasteiger partial charge on any atom is -0.488 e. The van der Waals surface area contributed by atoms with Gasteiger partial charge in [0, 0.05) is 5.92 Å². The summed E-state index contributed by atoms with van der Waals surface area (Å²) in [6.45, 7) is 17.1. The van der Waals surface area contributed by atoms with Crippen molar-refractivity contribution in [3.05, 3.63) is 42.0 Å². The number of ether oxygens (including phenoxy) is 1.